The number of piperazine rings is 1. The molecule has 1 aliphatic rings. The van der Waals surface area contributed by atoms with Crippen molar-refractivity contribution in [1.82, 2.24) is 9.80 Å². The first-order chi connectivity index (χ1) is 11.0. The highest BCUT2D eigenvalue weighted by molar-refractivity contribution is 6.34. The lowest BCUT2D eigenvalue weighted by Gasteiger charge is -2.34. The molecular weight excluding hydrogens is 343 g/mol. The van der Waals surface area contributed by atoms with Gasteiger partial charge in [-0.15, -0.1) is 0 Å². The van der Waals surface area contributed by atoms with Crippen LogP contribution in [0.2, 0.25) is 10.0 Å². The molecule has 126 valence electrons. The average molecular weight is 361 g/mol. The maximum absolute atomic E-state index is 12.4. The van der Waals surface area contributed by atoms with Crippen molar-refractivity contribution < 1.29 is 19.1 Å². The van der Waals surface area contributed by atoms with Gasteiger partial charge in [0.05, 0.1) is 25.7 Å². The number of benzene rings is 1. The number of ether oxygens (including phenoxy) is 2. The fourth-order valence-corrected chi connectivity index (χ4v) is 2.89. The molecule has 1 saturated heterocycles. The van der Waals surface area contributed by atoms with Gasteiger partial charge in [0.25, 0.3) is 0 Å². The molecule has 0 bridgehead atoms. The van der Waals surface area contributed by atoms with E-state index in [0.29, 0.717) is 47.5 Å². The monoisotopic (exact) mass is 360 g/mol. The molecule has 0 radical (unpaired) electrons. The zero-order valence-electron chi connectivity index (χ0n) is 13.0. The molecule has 1 heterocycles. The van der Waals surface area contributed by atoms with Crippen LogP contribution in [0.3, 0.4) is 0 Å². The van der Waals surface area contributed by atoms with Gasteiger partial charge < -0.3 is 19.3 Å². The predicted molar refractivity (Wildman–Crippen MR) is 87.3 cm³/mol. The maximum Gasteiger partial charge on any atom is 0.409 e. The molecule has 1 aromatic rings. The van der Waals surface area contributed by atoms with Crippen molar-refractivity contribution in [3.63, 3.8) is 0 Å². The second-order valence-corrected chi connectivity index (χ2v) is 5.91. The van der Waals surface area contributed by atoms with Crippen LogP contribution >= 0.6 is 23.2 Å². The molecule has 6 nitrogen and oxygen atoms in total. The summed E-state index contributed by atoms with van der Waals surface area (Å²) in [5, 5.41) is 0.850. The molecule has 2 amide bonds. The number of amides is 2. The van der Waals surface area contributed by atoms with Gasteiger partial charge in [-0.3, -0.25) is 4.79 Å². The number of hydrogen-bond acceptors (Lipinski definition) is 4. The van der Waals surface area contributed by atoms with Crippen LogP contribution in [-0.2, 0) is 16.0 Å². The topological polar surface area (TPSA) is 59.1 Å². The fraction of sp³-hybridized carbons (Fsp3) is 0.467. The predicted octanol–water partition coefficient (Wildman–Crippen LogP) is 2.46. The van der Waals surface area contributed by atoms with Crippen LogP contribution in [0.5, 0.6) is 5.75 Å². The molecule has 0 N–H and O–H groups in total. The normalized spacial score (nSPS) is 14.6. The van der Waals surface area contributed by atoms with Crippen LogP contribution in [0.25, 0.3) is 0 Å². The van der Waals surface area contributed by atoms with Gasteiger partial charge in [0.1, 0.15) is 5.75 Å². The van der Waals surface area contributed by atoms with E-state index in [1.54, 1.807) is 21.9 Å². The first-order valence-electron chi connectivity index (χ1n) is 7.08. The summed E-state index contributed by atoms with van der Waals surface area (Å²) in [7, 11) is 2.85. The Kier molecular flexibility index (Phi) is 5.96. The summed E-state index contributed by atoms with van der Waals surface area (Å²) in [4.78, 5) is 27.1. The van der Waals surface area contributed by atoms with Crippen molar-refractivity contribution in [2.75, 3.05) is 40.4 Å². The Hall–Kier alpha value is -1.66. The summed E-state index contributed by atoms with van der Waals surface area (Å²) in [5.74, 6) is 0.414. The third-order valence-electron chi connectivity index (χ3n) is 3.73. The zero-order chi connectivity index (χ0) is 17.0. The van der Waals surface area contributed by atoms with Crippen molar-refractivity contribution in [2.45, 2.75) is 6.42 Å². The quantitative estimate of drug-likeness (QED) is 0.830. The van der Waals surface area contributed by atoms with Crippen LogP contribution in [0.1, 0.15) is 5.56 Å². The average Bonchev–Trinajstić information content (AvgIpc) is 2.57. The zero-order valence-corrected chi connectivity index (χ0v) is 14.5. The maximum atomic E-state index is 12.4. The van der Waals surface area contributed by atoms with Crippen LogP contribution in [0.4, 0.5) is 4.79 Å². The largest absolute Gasteiger partial charge is 0.495 e. The Morgan fingerprint density at radius 3 is 2.22 bits per heavy atom. The molecule has 0 saturated carbocycles. The summed E-state index contributed by atoms with van der Waals surface area (Å²) in [6.07, 6.45) is -0.220. The van der Waals surface area contributed by atoms with Crippen LogP contribution in [-0.4, -0.2) is 62.2 Å². The van der Waals surface area contributed by atoms with Gasteiger partial charge in [-0.25, -0.2) is 4.79 Å². The van der Waals surface area contributed by atoms with Gasteiger partial charge in [0, 0.05) is 37.3 Å². The van der Waals surface area contributed by atoms with E-state index >= 15 is 0 Å². The molecular formula is C15H18Cl2N2O4. The molecule has 0 aromatic heterocycles. The summed E-state index contributed by atoms with van der Waals surface area (Å²) < 4.78 is 9.76. The number of halogens is 2. The van der Waals surface area contributed by atoms with Crippen molar-refractivity contribution in [2.24, 2.45) is 0 Å². The van der Waals surface area contributed by atoms with Crippen molar-refractivity contribution in [3.05, 3.63) is 27.7 Å². The molecule has 1 aliphatic heterocycles. The standard InChI is InChI=1S/C15H18Cl2N2O4/c1-22-13-9-11(16)10(7-12(13)17)8-14(20)18-3-5-19(6-4-18)15(21)23-2/h7,9H,3-6,8H2,1-2H3. The minimum atomic E-state index is -0.373. The summed E-state index contributed by atoms with van der Waals surface area (Å²) in [6.45, 7) is 1.84. The SMILES string of the molecule is COC(=O)N1CCN(C(=O)Cc2cc(Cl)c(OC)cc2Cl)CC1. The summed E-state index contributed by atoms with van der Waals surface area (Å²) >= 11 is 12.2. The van der Waals surface area contributed by atoms with E-state index in [4.69, 9.17) is 27.9 Å². The molecule has 2 rings (SSSR count). The van der Waals surface area contributed by atoms with Crippen LogP contribution < -0.4 is 4.74 Å². The molecule has 1 fully saturated rings. The van der Waals surface area contributed by atoms with E-state index < -0.39 is 0 Å². The Balaban J connectivity index is 1.98. The lowest BCUT2D eigenvalue weighted by Crippen LogP contribution is -2.50. The Morgan fingerprint density at radius 2 is 1.65 bits per heavy atom. The molecule has 0 unspecified atom stereocenters. The Bertz CT molecular complexity index is 601. The van der Waals surface area contributed by atoms with Crippen molar-refractivity contribution in [3.8, 4) is 5.75 Å². The number of carbonyl (C=O) groups is 2. The summed E-state index contributed by atoms with van der Waals surface area (Å²) in [5.41, 5.74) is 0.651. The lowest BCUT2D eigenvalue weighted by atomic mass is 10.1. The molecule has 8 heteroatoms. The summed E-state index contributed by atoms with van der Waals surface area (Å²) in [6, 6.07) is 3.24. The molecule has 0 atom stereocenters. The first-order valence-corrected chi connectivity index (χ1v) is 7.84. The highest BCUT2D eigenvalue weighted by atomic mass is 35.5. The highest BCUT2D eigenvalue weighted by Gasteiger charge is 2.25. The third-order valence-corrected chi connectivity index (χ3v) is 4.37. The number of methoxy groups -OCH3 is 2. The first kappa shape index (κ1) is 17.7. The van der Waals surface area contributed by atoms with E-state index in [0.717, 1.165) is 0 Å². The van der Waals surface area contributed by atoms with Gasteiger partial charge in [-0.2, -0.15) is 0 Å². The van der Waals surface area contributed by atoms with E-state index in [9.17, 15) is 9.59 Å². The number of carbonyl (C=O) groups excluding carboxylic acids is 2. The van der Waals surface area contributed by atoms with Crippen LogP contribution in [0.15, 0.2) is 12.1 Å². The van der Waals surface area contributed by atoms with Crippen molar-refractivity contribution >= 4 is 35.2 Å². The number of hydrogen-bond donors (Lipinski definition) is 0. The minimum absolute atomic E-state index is 0.0577. The lowest BCUT2D eigenvalue weighted by molar-refractivity contribution is -0.132. The number of nitrogens with zero attached hydrogens (tertiary/aromatic N) is 2. The van der Waals surface area contributed by atoms with E-state index in [2.05, 4.69) is 4.74 Å². The highest BCUT2D eigenvalue weighted by Crippen LogP contribution is 2.31. The van der Waals surface area contributed by atoms with Gasteiger partial charge in [0.2, 0.25) is 5.91 Å². The van der Waals surface area contributed by atoms with E-state index in [1.807, 2.05) is 0 Å². The number of rotatable bonds is 3. The smallest absolute Gasteiger partial charge is 0.409 e. The van der Waals surface area contributed by atoms with Gasteiger partial charge in [-0.1, -0.05) is 23.2 Å². The fourth-order valence-electron chi connectivity index (χ4n) is 2.40. The van der Waals surface area contributed by atoms with E-state index in [1.165, 1.54) is 14.2 Å². The minimum Gasteiger partial charge on any atom is -0.495 e. The molecule has 23 heavy (non-hydrogen) atoms. The van der Waals surface area contributed by atoms with E-state index in [-0.39, 0.29) is 18.4 Å². The second kappa shape index (κ2) is 7.75. The van der Waals surface area contributed by atoms with Crippen LogP contribution in [0, 0.1) is 0 Å². The molecule has 1 aromatic carbocycles. The van der Waals surface area contributed by atoms with Gasteiger partial charge >= 0.3 is 6.09 Å². The molecule has 0 spiro atoms. The second-order valence-electron chi connectivity index (χ2n) is 5.09. The Labute approximate surface area is 144 Å². The van der Waals surface area contributed by atoms with Gasteiger partial charge in [0.15, 0.2) is 0 Å². The molecule has 0 aliphatic carbocycles. The van der Waals surface area contributed by atoms with Crippen molar-refractivity contribution in [1.29, 1.82) is 0 Å². The third kappa shape index (κ3) is 4.20. The Morgan fingerprint density at radius 1 is 1.04 bits per heavy atom. The van der Waals surface area contributed by atoms with Gasteiger partial charge in [-0.05, 0) is 11.6 Å².